The summed E-state index contributed by atoms with van der Waals surface area (Å²) in [6.07, 6.45) is 4.05. The van der Waals surface area contributed by atoms with E-state index in [0.29, 0.717) is 10.6 Å². The SMILES string of the molecule is O=C(N/N=C/c1cc(Cl)ccc1OC(=O)c1ccco1)c1ccco1. The van der Waals surface area contributed by atoms with Gasteiger partial charge in [-0.15, -0.1) is 0 Å². The molecular formula is C17H11ClN2O5. The first-order valence-electron chi connectivity index (χ1n) is 7.05. The van der Waals surface area contributed by atoms with E-state index in [1.807, 2.05) is 0 Å². The van der Waals surface area contributed by atoms with Crippen molar-refractivity contribution >= 4 is 29.7 Å². The van der Waals surface area contributed by atoms with E-state index >= 15 is 0 Å². The largest absolute Gasteiger partial charge is 0.459 e. The van der Waals surface area contributed by atoms with Crippen LogP contribution in [0.15, 0.2) is 68.9 Å². The molecule has 0 saturated carbocycles. The summed E-state index contributed by atoms with van der Waals surface area (Å²) < 4.78 is 15.2. The van der Waals surface area contributed by atoms with Crippen molar-refractivity contribution in [3.8, 4) is 5.75 Å². The maximum atomic E-state index is 12.0. The van der Waals surface area contributed by atoms with Crippen LogP contribution in [0, 0.1) is 0 Å². The highest BCUT2D eigenvalue weighted by Gasteiger charge is 2.14. The summed E-state index contributed by atoms with van der Waals surface area (Å²) in [5.74, 6) is -0.794. The molecule has 1 aromatic carbocycles. The minimum Gasteiger partial charge on any atom is -0.459 e. The number of hydrogen-bond acceptors (Lipinski definition) is 6. The fourth-order valence-corrected chi connectivity index (χ4v) is 2.06. The van der Waals surface area contributed by atoms with Crippen molar-refractivity contribution in [1.82, 2.24) is 5.43 Å². The molecule has 0 bridgehead atoms. The molecule has 1 N–H and O–H groups in total. The van der Waals surface area contributed by atoms with E-state index in [1.165, 1.54) is 43.0 Å². The lowest BCUT2D eigenvalue weighted by Gasteiger charge is -2.06. The van der Waals surface area contributed by atoms with Gasteiger partial charge in [0.1, 0.15) is 5.75 Å². The highest BCUT2D eigenvalue weighted by Crippen LogP contribution is 2.22. The Morgan fingerprint density at radius 1 is 1.08 bits per heavy atom. The predicted molar refractivity (Wildman–Crippen MR) is 88.9 cm³/mol. The van der Waals surface area contributed by atoms with Crippen LogP contribution in [-0.4, -0.2) is 18.1 Å². The van der Waals surface area contributed by atoms with Crippen molar-refractivity contribution in [2.24, 2.45) is 5.10 Å². The zero-order valence-electron chi connectivity index (χ0n) is 12.6. The number of carbonyl (C=O) groups is 2. The van der Waals surface area contributed by atoms with Gasteiger partial charge in [0.15, 0.2) is 5.76 Å². The van der Waals surface area contributed by atoms with Crippen LogP contribution in [-0.2, 0) is 0 Å². The first-order valence-corrected chi connectivity index (χ1v) is 7.43. The van der Waals surface area contributed by atoms with Crippen LogP contribution in [0.25, 0.3) is 0 Å². The zero-order valence-corrected chi connectivity index (χ0v) is 13.4. The molecule has 0 fully saturated rings. The van der Waals surface area contributed by atoms with Gasteiger partial charge in [-0.1, -0.05) is 11.6 Å². The van der Waals surface area contributed by atoms with Crippen molar-refractivity contribution in [1.29, 1.82) is 0 Å². The topological polar surface area (TPSA) is 94.0 Å². The summed E-state index contributed by atoms with van der Waals surface area (Å²) in [4.78, 5) is 23.7. The molecule has 8 heteroatoms. The molecule has 0 radical (unpaired) electrons. The molecule has 2 heterocycles. The minimum absolute atomic E-state index is 0.0592. The summed E-state index contributed by atoms with van der Waals surface area (Å²) >= 11 is 5.95. The molecule has 1 amide bonds. The highest BCUT2D eigenvalue weighted by molar-refractivity contribution is 6.31. The van der Waals surface area contributed by atoms with Crippen LogP contribution in [0.2, 0.25) is 5.02 Å². The summed E-state index contributed by atoms with van der Waals surface area (Å²) in [6.45, 7) is 0. The van der Waals surface area contributed by atoms with E-state index in [2.05, 4.69) is 10.5 Å². The molecular weight excluding hydrogens is 348 g/mol. The number of nitrogens with one attached hydrogen (secondary N) is 1. The normalized spacial score (nSPS) is 10.8. The van der Waals surface area contributed by atoms with Gasteiger partial charge in [0.05, 0.1) is 18.7 Å². The molecule has 126 valence electrons. The number of nitrogens with zero attached hydrogens (tertiary/aromatic N) is 1. The van der Waals surface area contributed by atoms with Crippen molar-refractivity contribution in [3.05, 3.63) is 77.1 Å². The van der Waals surface area contributed by atoms with Crippen LogP contribution >= 0.6 is 11.6 Å². The van der Waals surface area contributed by atoms with Crippen molar-refractivity contribution < 1.29 is 23.2 Å². The molecule has 2 aromatic heterocycles. The molecule has 25 heavy (non-hydrogen) atoms. The smallest absolute Gasteiger partial charge is 0.379 e. The van der Waals surface area contributed by atoms with Crippen LogP contribution in [0.1, 0.15) is 26.7 Å². The average Bonchev–Trinajstić information content (AvgIpc) is 3.30. The lowest BCUT2D eigenvalue weighted by Crippen LogP contribution is -2.17. The molecule has 3 rings (SSSR count). The second-order valence-corrected chi connectivity index (χ2v) is 5.16. The second-order valence-electron chi connectivity index (χ2n) is 4.73. The molecule has 7 nitrogen and oxygen atoms in total. The zero-order chi connectivity index (χ0) is 17.6. The maximum Gasteiger partial charge on any atom is 0.379 e. The molecule has 0 aliphatic rings. The lowest BCUT2D eigenvalue weighted by molar-refractivity contribution is 0.0701. The van der Waals surface area contributed by atoms with Gasteiger partial charge < -0.3 is 13.6 Å². The summed E-state index contributed by atoms with van der Waals surface area (Å²) in [7, 11) is 0. The molecule has 0 spiro atoms. The first-order chi connectivity index (χ1) is 12.1. The average molecular weight is 359 g/mol. The fraction of sp³-hybridized carbons (Fsp3) is 0. The Morgan fingerprint density at radius 2 is 1.80 bits per heavy atom. The predicted octanol–water partition coefficient (Wildman–Crippen LogP) is 3.51. The number of hydrazone groups is 1. The van der Waals surface area contributed by atoms with Crippen LogP contribution in [0.5, 0.6) is 5.75 Å². The summed E-state index contributed by atoms with van der Waals surface area (Å²) in [5.41, 5.74) is 2.69. The van der Waals surface area contributed by atoms with E-state index in [-0.39, 0.29) is 17.3 Å². The third-order valence-corrected chi connectivity index (χ3v) is 3.25. The molecule has 0 saturated heterocycles. The fourth-order valence-electron chi connectivity index (χ4n) is 1.88. The number of benzene rings is 1. The van der Waals surface area contributed by atoms with E-state index < -0.39 is 11.9 Å². The van der Waals surface area contributed by atoms with E-state index in [1.54, 1.807) is 18.2 Å². The highest BCUT2D eigenvalue weighted by atomic mass is 35.5. The lowest BCUT2D eigenvalue weighted by atomic mass is 10.2. The number of esters is 1. The molecule has 0 aliphatic heterocycles. The molecule has 0 aliphatic carbocycles. The van der Waals surface area contributed by atoms with Gasteiger partial charge in [-0.25, -0.2) is 10.2 Å². The summed E-state index contributed by atoms with van der Waals surface area (Å²) in [6, 6.07) is 10.8. The van der Waals surface area contributed by atoms with Gasteiger partial charge in [-0.3, -0.25) is 4.79 Å². The van der Waals surface area contributed by atoms with Gasteiger partial charge in [-0.2, -0.15) is 5.10 Å². The van der Waals surface area contributed by atoms with Crippen LogP contribution < -0.4 is 10.2 Å². The maximum absolute atomic E-state index is 12.0. The minimum atomic E-state index is -0.665. The number of furan rings is 2. The third kappa shape index (κ3) is 4.15. The third-order valence-electron chi connectivity index (χ3n) is 3.01. The second kappa shape index (κ2) is 7.50. The Balaban J connectivity index is 1.74. The number of halogens is 1. The summed E-state index contributed by atoms with van der Waals surface area (Å²) in [5, 5.41) is 4.22. The monoisotopic (exact) mass is 358 g/mol. The number of amides is 1. The number of rotatable bonds is 5. The van der Waals surface area contributed by atoms with E-state index in [0.717, 1.165) is 0 Å². The quantitative estimate of drug-likeness (QED) is 0.326. The number of ether oxygens (including phenoxy) is 1. The van der Waals surface area contributed by atoms with Crippen molar-refractivity contribution in [2.75, 3.05) is 0 Å². The van der Waals surface area contributed by atoms with Gasteiger partial charge in [-0.05, 0) is 42.5 Å². The Hall–Kier alpha value is -3.32. The van der Waals surface area contributed by atoms with Crippen LogP contribution in [0.3, 0.4) is 0 Å². The molecule has 0 atom stereocenters. The Labute approximate surface area is 146 Å². The van der Waals surface area contributed by atoms with Crippen molar-refractivity contribution in [2.45, 2.75) is 0 Å². The van der Waals surface area contributed by atoms with Gasteiger partial charge >= 0.3 is 11.9 Å². The van der Waals surface area contributed by atoms with E-state index in [9.17, 15) is 9.59 Å². The van der Waals surface area contributed by atoms with Gasteiger partial charge in [0, 0.05) is 10.6 Å². The Morgan fingerprint density at radius 3 is 2.48 bits per heavy atom. The Bertz CT molecular complexity index is 901. The van der Waals surface area contributed by atoms with E-state index in [4.69, 9.17) is 25.2 Å². The Kier molecular flexibility index (Phi) is 4.96. The van der Waals surface area contributed by atoms with Crippen molar-refractivity contribution in [3.63, 3.8) is 0 Å². The molecule has 3 aromatic rings. The number of hydrogen-bond donors (Lipinski definition) is 1. The van der Waals surface area contributed by atoms with Gasteiger partial charge in [0.25, 0.3) is 0 Å². The standard InChI is InChI=1S/C17H11ClN2O5/c18-12-5-6-13(25-17(22)15-4-2-8-24-15)11(9-12)10-19-20-16(21)14-3-1-7-23-14/h1-10H,(H,20,21)/b19-10+. The van der Waals surface area contributed by atoms with Crippen LogP contribution in [0.4, 0.5) is 0 Å². The van der Waals surface area contributed by atoms with Gasteiger partial charge in [0.2, 0.25) is 5.76 Å². The first kappa shape index (κ1) is 16.5. The number of carbonyl (C=O) groups excluding carboxylic acids is 2. The molecule has 0 unspecified atom stereocenters.